The Hall–Kier alpha value is -2.48. The number of aryl methyl sites for hydroxylation is 1. The summed E-state index contributed by atoms with van der Waals surface area (Å²) in [5.74, 6) is 0.407. The van der Waals surface area contributed by atoms with Gasteiger partial charge in [-0.3, -0.25) is 9.48 Å². The highest BCUT2D eigenvalue weighted by Gasteiger charge is 2.30. The van der Waals surface area contributed by atoms with Crippen molar-refractivity contribution >= 4 is 11.9 Å². The predicted octanol–water partition coefficient (Wildman–Crippen LogP) is 1.11. The third-order valence-corrected chi connectivity index (χ3v) is 5.25. The Morgan fingerprint density at radius 1 is 1.32 bits per heavy atom. The van der Waals surface area contributed by atoms with Gasteiger partial charge in [-0.2, -0.15) is 5.10 Å². The molecule has 25 heavy (non-hydrogen) atoms. The van der Waals surface area contributed by atoms with Crippen LogP contribution in [-0.2, 0) is 13.6 Å². The summed E-state index contributed by atoms with van der Waals surface area (Å²) >= 11 is 0. The maximum atomic E-state index is 12.3. The molecular formula is C17H23N7O. The Labute approximate surface area is 146 Å². The Morgan fingerprint density at radius 2 is 2.12 bits per heavy atom. The first-order chi connectivity index (χ1) is 12.0. The molecule has 4 N–H and O–H groups in total. The second kappa shape index (κ2) is 6.11. The second-order valence-electron chi connectivity index (χ2n) is 6.87. The fourth-order valence-electron chi connectivity index (χ4n) is 3.62. The molecule has 0 radical (unpaired) electrons. The molecule has 1 aliphatic carbocycles. The molecule has 1 amide bonds. The second-order valence-corrected chi connectivity index (χ2v) is 6.87. The fraction of sp³-hybridized carbons (Fsp3) is 0.529. The summed E-state index contributed by atoms with van der Waals surface area (Å²) in [6, 6.07) is 0.272. The van der Waals surface area contributed by atoms with Crippen molar-refractivity contribution < 1.29 is 4.79 Å². The van der Waals surface area contributed by atoms with Gasteiger partial charge in [0.15, 0.2) is 0 Å². The molecule has 1 aliphatic heterocycles. The van der Waals surface area contributed by atoms with Gasteiger partial charge in [0.2, 0.25) is 5.95 Å². The number of nitrogens with zero attached hydrogens (tertiary/aromatic N) is 4. The van der Waals surface area contributed by atoms with Gasteiger partial charge in [0.25, 0.3) is 5.91 Å². The lowest BCUT2D eigenvalue weighted by atomic mass is 9.91. The smallest absolute Gasteiger partial charge is 0.255 e. The van der Waals surface area contributed by atoms with E-state index in [2.05, 4.69) is 25.7 Å². The van der Waals surface area contributed by atoms with E-state index in [1.165, 1.54) is 6.42 Å². The summed E-state index contributed by atoms with van der Waals surface area (Å²) in [5, 5.41) is 10.5. The van der Waals surface area contributed by atoms with Crippen LogP contribution in [0.1, 0.15) is 47.4 Å². The summed E-state index contributed by atoms with van der Waals surface area (Å²) in [7, 11) is 1.88. The van der Waals surface area contributed by atoms with Crippen LogP contribution in [0.2, 0.25) is 0 Å². The van der Waals surface area contributed by atoms with Crippen LogP contribution in [0.25, 0.3) is 11.3 Å². The molecule has 0 saturated heterocycles. The summed E-state index contributed by atoms with van der Waals surface area (Å²) in [4.78, 5) is 21.5. The Bertz CT molecular complexity index is 829. The number of hydrogen-bond donors (Lipinski definition) is 3. The third kappa shape index (κ3) is 2.76. The SMILES string of the molecule is Cc1c(-c2nc(NC3CCCCC3N)nc3c2C(=O)NC3)cnn1C. The molecule has 8 nitrogen and oxygen atoms in total. The van der Waals surface area contributed by atoms with E-state index in [9.17, 15) is 4.79 Å². The van der Waals surface area contributed by atoms with E-state index in [4.69, 9.17) is 5.73 Å². The Balaban J connectivity index is 1.76. The van der Waals surface area contributed by atoms with E-state index in [1.54, 1.807) is 10.9 Å². The van der Waals surface area contributed by atoms with Gasteiger partial charge in [-0.25, -0.2) is 9.97 Å². The van der Waals surface area contributed by atoms with Gasteiger partial charge in [0.05, 0.1) is 29.7 Å². The van der Waals surface area contributed by atoms with E-state index in [0.717, 1.165) is 36.2 Å². The zero-order chi connectivity index (χ0) is 17.6. The van der Waals surface area contributed by atoms with Crippen LogP contribution in [0.15, 0.2) is 6.20 Å². The van der Waals surface area contributed by atoms with Crippen molar-refractivity contribution in [3.63, 3.8) is 0 Å². The molecule has 4 rings (SSSR count). The molecule has 2 aliphatic rings. The van der Waals surface area contributed by atoms with Gasteiger partial charge in [-0.05, 0) is 19.8 Å². The summed E-state index contributed by atoms with van der Waals surface area (Å²) in [6.07, 6.45) is 6.10. The molecule has 1 fully saturated rings. The van der Waals surface area contributed by atoms with Gasteiger partial charge >= 0.3 is 0 Å². The molecule has 2 aromatic rings. The van der Waals surface area contributed by atoms with E-state index in [-0.39, 0.29) is 18.0 Å². The van der Waals surface area contributed by atoms with Crippen molar-refractivity contribution in [3.8, 4) is 11.3 Å². The molecule has 2 aromatic heterocycles. The average Bonchev–Trinajstić information content (AvgIpc) is 3.13. The highest BCUT2D eigenvalue weighted by Crippen LogP contribution is 2.30. The first kappa shape index (κ1) is 16.0. The lowest BCUT2D eigenvalue weighted by Gasteiger charge is -2.29. The quantitative estimate of drug-likeness (QED) is 0.771. The number of carbonyl (C=O) groups excluding carboxylic acids is 1. The summed E-state index contributed by atoms with van der Waals surface area (Å²) in [5.41, 5.74) is 9.97. The normalized spacial score (nSPS) is 22.6. The van der Waals surface area contributed by atoms with Gasteiger partial charge in [0.1, 0.15) is 0 Å². The van der Waals surface area contributed by atoms with Crippen molar-refractivity contribution in [2.45, 2.75) is 51.2 Å². The summed E-state index contributed by atoms with van der Waals surface area (Å²) in [6.45, 7) is 2.39. The number of hydrogen-bond acceptors (Lipinski definition) is 6. The highest BCUT2D eigenvalue weighted by atomic mass is 16.1. The topological polar surface area (TPSA) is 111 Å². The van der Waals surface area contributed by atoms with E-state index in [1.807, 2.05) is 14.0 Å². The third-order valence-electron chi connectivity index (χ3n) is 5.25. The van der Waals surface area contributed by atoms with E-state index < -0.39 is 0 Å². The summed E-state index contributed by atoms with van der Waals surface area (Å²) < 4.78 is 1.78. The maximum Gasteiger partial charge on any atom is 0.255 e. The molecular weight excluding hydrogens is 318 g/mol. The molecule has 1 saturated carbocycles. The van der Waals surface area contributed by atoms with Crippen molar-refractivity contribution in [2.75, 3.05) is 5.32 Å². The molecule has 3 heterocycles. The van der Waals surface area contributed by atoms with Crippen LogP contribution >= 0.6 is 0 Å². The van der Waals surface area contributed by atoms with Crippen LogP contribution in [-0.4, -0.2) is 37.7 Å². The minimum Gasteiger partial charge on any atom is -0.350 e. The van der Waals surface area contributed by atoms with Gasteiger partial charge in [0, 0.05) is 30.4 Å². The standard InChI is InChI=1S/C17H23N7O/c1-9-10(7-20-24(9)2)15-14-13(8-19-16(14)25)22-17(23-15)21-12-6-4-3-5-11(12)18/h7,11-12H,3-6,8,18H2,1-2H3,(H,19,25)(H,21,22,23). The number of carbonyl (C=O) groups is 1. The molecule has 0 aromatic carbocycles. The molecule has 0 bridgehead atoms. The van der Waals surface area contributed by atoms with Crippen molar-refractivity contribution in [3.05, 3.63) is 23.1 Å². The van der Waals surface area contributed by atoms with Crippen molar-refractivity contribution in [1.82, 2.24) is 25.1 Å². The van der Waals surface area contributed by atoms with Crippen LogP contribution in [0.5, 0.6) is 0 Å². The first-order valence-corrected chi connectivity index (χ1v) is 8.75. The zero-order valence-electron chi connectivity index (χ0n) is 14.5. The minimum atomic E-state index is -0.130. The van der Waals surface area contributed by atoms with Crippen LogP contribution in [0.3, 0.4) is 0 Å². The number of anilines is 1. The lowest BCUT2D eigenvalue weighted by molar-refractivity contribution is 0.0966. The highest BCUT2D eigenvalue weighted by molar-refractivity contribution is 6.03. The van der Waals surface area contributed by atoms with E-state index in [0.29, 0.717) is 23.8 Å². The number of nitrogens with one attached hydrogen (secondary N) is 2. The molecule has 132 valence electrons. The minimum absolute atomic E-state index is 0.105. The van der Waals surface area contributed by atoms with Crippen LogP contribution in [0, 0.1) is 6.92 Å². The van der Waals surface area contributed by atoms with Crippen LogP contribution < -0.4 is 16.4 Å². The Morgan fingerprint density at radius 3 is 2.84 bits per heavy atom. The largest absolute Gasteiger partial charge is 0.350 e. The van der Waals surface area contributed by atoms with Crippen molar-refractivity contribution in [2.24, 2.45) is 12.8 Å². The zero-order valence-corrected chi connectivity index (χ0v) is 14.5. The number of rotatable bonds is 3. The van der Waals surface area contributed by atoms with Crippen molar-refractivity contribution in [1.29, 1.82) is 0 Å². The molecule has 2 atom stereocenters. The number of aromatic nitrogens is 4. The molecule has 8 heteroatoms. The lowest BCUT2D eigenvalue weighted by Crippen LogP contribution is -2.43. The average molecular weight is 341 g/mol. The first-order valence-electron chi connectivity index (χ1n) is 8.75. The molecule has 2 unspecified atom stereocenters. The van der Waals surface area contributed by atoms with Crippen LogP contribution in [0.4, 0.5) is 5.95 Å². The number of amides is 1. The molecule has 0 spiro atoms. The number of nitrogens with two attached hydrogens (primary N) is 1. The van der Waals surface area contributed by atoms with Gasteiger partial charge < -0.3 is 16.4 Å². The Kier molecular flexibility index (Phi) is 3.91. The monoisotopic (exact) mass is 341 g/mol. The van der Waals surface area contributed by atoms with E-state index >= 15 is 0 Å². The maximum absolute atomic E-state index is 12.3. The van der Waals surface area contributed by atoms with Gasteiger partial charge in [-0.1, -0.05) is 12.8 Å². The number of fused-ring (bicyclic) bond motifs is 1. The predicted molar refractivity (Wildman–Crippen MR) is 94.0 cm³/mol. The van der Waals surface area contributed by atoms with Gasteiger partial charge in [-0.15, -0.1) is 0 Å². The fourth-order valence-corrected chi connectivity index (χ4v) is 3.62.